The van der Waals surface area contributed by atoms with Gasteiger partial charge in [-0.1, -0.05) is 12.1 Å². The summed E-state index contributed by atoms with van der Waals surface area (Å²) in [5.41, 5.74) is 2.56. The van der Waals surface area contributed by atoms with Crippen LogP contribution in [-0.4, -0.2) is 73.0 Å². The zero-order chi connectivity index (χ0) is 16.2. The van der Waals surface area contributed by atoms with Gasteiger partial charge in [0.2, 0.25) is 5.91 Å². The van der Waals surface area contributed by atoms with Gasteiger partial charge in [-0.3, -0.25) is 14.5 Å². The number of carbonyl (C=O) groups is 1. The van der Waals surface area contributed by atoms with Crippen LogP contribution in [0.2, 0.25) is 0 Å². The number of piperazine rings is 1. The van der Waals surface area contributed by atoms with Gasteiger partial charge < -0.3 is 10.0 Å². The van der Waals surface area contributed by atoms with E-state index in [-0.39, 0.29) is 12.5 Å². The minimum Gasteiger partial charge on any atom is -0.389 e. The van der Waals surface area contributed by atoms with E-state index in [4.69, 9.17) is 4.84 Å². The van der Waals surface area contributed by atoms with Crippen LogP contribution in [0.15, 0.2) is 24.3 Å². The molecule has 6 heteroatoms. The van der Waals surface area contributed by atoms with Crippen LogP contribution < -0.4 is 4.90 Å². The van der Waals surface area contributed by atoms with Gasteiger partial charge in [-0.2, -0.15) is 0 Å². The van der Waals surface area contributed by atoms with Crippen LogP contribution in [0.3, 0.4) is 0 Å². The van der Waals surface area contributed by atoms with E-state index in [1.165, 1.54) is 16.3 Å². The highest BCUT2D eigenvalue weighted by Gasteiger charge is 2.26. The monoisotopic (exact) mass is 319 g/mol. The lowest BCUT2D eigenvalue weighted by Gasteiger charge is -2.36. The normalized spacial score (nSPS) is 22.6. The van der Waals surface area contributed by atoms with Crippen molar-refractivity contribution in [1.29, 1.82) is 0 Å². The van der Waals surface area contributed by atoms with Crippen molar-refractivity contribution in [3.63, 3.8) is 0 Å². The maximum atomic E-state index is 12.0. The van der Waals surface area contributed by atoms with Crippen LogP contribution in [0, 0.1) is 6.92 Å². The molecule has 2 fully saturated rings. The Kier molecular flexibility index (Phi) is 5.15. The number of rotatable bonds is 4. The van der Waals surface area contributed by atoms with Crippen molar-refractivity contribution in [3.8, 4) is 0 Å². The summed E-state index contributed by atoms with van der Waals surface area (Å²) >= 11 is 0. The maximum absolute atomic E-state index is 12.0. The summed E-state index contributed by atoms with van der Waals surface area (Å²) in [4.78, 5) is 21.9. The Morgan fingerprint density at radius 2 is 2.09 bits per heavy atom. The quantitative estimate of drug-likeness (QED) is 0.883. The third-order valence-corrected chi connectivity index (χ3v) is 4.46. The molecule has 0 bridgehead atoms. The predicted octanol–water partition coefficient (Wildman–Crippen LogP) is 0.642. The molecule has 2 aliphatic rings. The SMILES string of the molecule is Cc1cccc(N2CCN(CCC(=O)N3CC(O)CO3)CC2)c1. The minimum atomic E-state index is -0.545. The molecule has 1 aromatic carbocycles. The molecular formula is C17H25N3O3. The van der Waals surface area contributed by atoms with E-state index < -0.39 is 6.10 Å². The van der Waals surface area contributed by atoms with Gasteiger partial charge >= 0.3 is 0 Å². The number of aliphatic hydroxyl groups excluding tert-OH is 1. The topological polar surface area (TPSA) is 56.2 Å². The minimum absolute atomic E-state index is 0.0392. The van der Waals surface area contributed by atoms with Gasteiger partial charge in [-0.25, -0.2) is 5.06 Å². The standard InChI is InChI=1S/C17H25N3O3/c1-14-3-2-4-15(11-14)19-9-7-18(8-10-19)6-5-17(22)20-12-16(21)13-23-20/h2-4,11,16,21H,5-10,12-13H2,1H3. The summed E-state index contributed by atoms with van der Waals surface area (Å²) in [7, 11) is 0. The van der Waals surface area contributed by atoms with Crippen molar-refractivity contribution < 1.29 is 14.7 Å². The molecule has 2 aliphatic heterocycles. The van der Waals surface area contributed by atoms with Crippen LogP contribution in [0.5, 0.6) is 0 Å². The van der Waals surface area contributed by atoms with E-state index in [2.05, 4.69) is 41.0 Å². The van der Waals surface area contributed by atoms with Gasteiger partial charge in [0.05, 0.1) is 12.6 Å². The van der Waals surface area contributed by atoms with Gasteiger partial charge in [0.15, 0.2) is 0 Å². The maximum Gasteiger partial charge on any atom is 0.247 e. The Morgan fingerprint density at radius 3 is 2.74 bits per heavy atom. The van der Waals surface area contributed by atoms with E-state index >= 15 is 0 Å². The van der Waals surface area contributed by atoms with E-state index in [9.17, 15) is 9.90 Å². The average molecular weight is 319 g/mol. The summed E-state index contributed by atoms with van der Waals surface area (Å²) in [6.45, 7) is 7.27. The molecule has 1 amide bonds. The second-order valence-corrected chi connectivity index (χ2v) is 6.32. The van der Waals surface area contributed by atoms with Crippen molar-refractivity contribution in [3.05, 3.63) is 29.8 Å². The molecule has 1 unspecified atom stereocenters. The average Bonchev–Trinajstić information content (AvgIpc) is 3.00. The molecule has 6 nitrogen and oxygen atoms in total. The number of benzene rings is 1. The van der Waals surface area contributed by atoms with Crippen molar-refractivity contribution in [2.45, 2.75) is 19.4 Å². The van der Waals surface area contributed by atoms with E-state index in [1.807, 2.05) is 0 Å². The number of aliphatic hydroxyl groups is 1. The molecule has 2 heterocycles. The highest BCUT2D eigenvalue weighted by molar-refractivity contribution is 5.75. The lowest BCUT2D eigenvalue weighted by molar-refractivity contribution is -0.169. The van der Waals surface area contributed by atoms with Crippen LogP contribution in [0.1, 0.15) is 12.0 Å². The summed E-state index contributed by atoms with van der Waals surface area (Å²) < 4.78 is 0. The van der Waals surface area contributed by atoms with Crippen LogP contribution in [0.4, 0.5) is 5.69 Å². The summed E-state index contributed by atoms with van der Waals surface area (Å²) in [5.74, 6) is -0.0392. The third-order valence-electron chi connectivity index (χ3n) is 4.46. The largest absolute Gasteiger partial charge is 0.389 e. The fourth-order valence-corrected chi connectivity index (χ4v) is 3.08. The number of hydrogen-bond acceptors (Lipinski definition) is 5. The highest BCUT2D eigenvalue weighted by atomic mass is 16.7. The molecule has 0 saturated carbocycles. The lowest BCUT2D eigenvalue weighted by atomic mass is 10.2. The number of amides is 1. The van der Waals surface area contributed by atoms with Gasteiger partial charge in [0.25, 0.3) is 0 Å². The molecule has 3 rings (SSSR count). The second kappa shape index (κ2) is 7.29. The smallest absolute Gasteiger partial charge is 0.247 e. The number of nitrogens with zero attached hydrogens (tertiary/aromatic N) is 3. The molecule has 0 aliphatic carbocycles. The van der Waals surface area contributed by atoms with Crippen molar-refractivity contribution in [2.24, 2.45) is 0 Å². The molecular weight excluding hydrogens is 294 g/mol. The Morgan fingerprint density at radius 1 is 1.30 bits per heavy atom. The molecule has 0 aromatic heterocycles. The number of carbonyl (C=O) groups excluding carboxylic acids is 1. The van der Waals surface area contributed by atoms with Gasteiger partial charge in [0.1, 0.15) is 6.61 Å². The zero-order valence-electron chi connectivity index (χ0n) is 13.6. The molecule has 2 saturated heterocycles. The first-order valence-electron chi connectivity index (χ1n) is 8.27. The van der Waals surface area contributed by atoms with Crippen LogP contribution in [0.25, 0.3) is 0 Å². The number of hydroxylamine groups is 2. The van der Waals surface area contributed by atoms with Gasteiger partial charge in [0, 0.05) is 44.8 Å². The van der Waals surface area contributed by atoms with Gasteiger partial charge in [-0.15, -0.1) is 0 Å². The lowest BCUT2D eigenvalue weighted by Crippen LogP contribution is -2.47. The summed E-state index contributed by atoms with van der Waals surface area (Å²) in [6, 6.07) is 8.58. The molecule has 0 spiro atoms. The number of β-amino-alcohol motifs (C(OH)–C–C–N with tert-alkyl or cyclic N) is 1. The molecule has 0 radical (unpaired) electrons. The Balaban J connectivity index is 1.42. The van der Waals surface area contributed by atoms with Crippen LogP contribution in [-0.2, 0) is 9.63 Å². The first-order chi connectivity index (χ1) is 11.1. The molecule has 23 heavy (non-hydrogen) atoms. The van der Waals surface area contributed by atoms with E-state index in [0.29, 0.717) is 13.0 Å². The van der Waals surface area contributed by atoms with Crippen molar-refractivity contribution in [1.82, 2.24) is 9.96 Å². The van der Waals surface area contributed by atoms with Gasteiger partial charge in [-0.05, 0) is 24.6 Å². The molecule has 1 aromatic rings. The Bertz CT molecular complexity index is 544. The zero-order valence-corrected chi connectivity index (χ0v) is 13.6. The number of anilines is 1. The third kappa shape index (κ3) is 4.22. The first kappa shape index (κ1) is 16.2. The molecule has 1 N–H and O–H groups in total. The Labute approximate surface area is 137 Å². The first-order valence-corrected chi connectivity index (χ1v) is 8.27. The van der Waals surface area contributed by atoms with Crippen molar-refractivity contribution >= 4 is 11.6 Å². The van der Waals surface area contributed by atoms with E-state index in [0.717, 1.165) is 32.7 Å². The molecule has 1 atom stereocenters. The molecule has 126 valence electrons. The van der Waals surface area contributed by atoms with Crippen LogP contribution >= 0.6 is 0 Å². The second-order valence-electron chi connectivity index (χ2n) is 6.32. The highest BCUT2D eigenvalue weighted by Crippen LogP contribution is 2.18. The van der Waals surface area contributed by atoms with Crippen molar-refractivity contribution in [2.75, 3.05) is 50.8 Å². The van der Waals surface area contributed by atoms with E-state index in [1.54, 1.807) is 0 Å². The fraction of sp³-hybridized carbons (Fsp3) is 0.588. The number of hydrogen-bond donors (Lipinski definition) is 1. The predicted molar refractivity (Wildman–Crippen MR) is 88.1 cm³/mol. The number of aryl methyl sites for hydroxylation is 1. The fourth-order valence-electron chi connectivity index (χ4n) is 3.08. The summed E-state index contributed by atoms with van der Waals surface area (Å²) in [5, 5.41) is 10.7. The Hall–Kier alpha value is -1.63. The summed E-state index contributed by atoms with van der Waals surface area (Å²) in [6.07, 6.45) is -0.103.